The van der Waals surface area contributed by atoms with E-state index in [9.17, 15) is 26.4 Å². The molecule has 4 rings (SSSR count). The lowest BCUT2D eigenvalue weighted by molar-refractivity contribution is -0.120. The van der Waals surface area contributed by atoms with E-state index in [1.54, 1.807) is 12.1 Å². The molecule has 0 aromatic heterocycles. The number of nitrogens with one attached hydrogen (secondary N) is 1. The quantitative estimate of drug-likeness (QED) is 0.742. The Labute approximate surface area is 172 Å². The maximum atomic E-state index is 13.7. The fraction of sp³-hybridized carbons (Fsp3) is 0.381. The zero-order valence-corrected chi connectivity index (χ0v) is 16.9. The Morgan fingerprint density at radius 1 is 0.933 bits per heavy atom. The Kier molecular flexibility index (Phi) is 5.59. The summed E-state index contributed by atoms with van der Waals surface area (Å²) in [6.45, 7) is 0.301. The molecule has 0 unspecified atom stereocenters. The number of carbonyl (C=O) groups is 1. The van der Waals surface area contributed by atoms with E-state index in [2.05, 4.69) is 5.32 Å². The van der Waals surface area contributed by atoms with Crippen LogP contribution in [0.5, 0.6) is 0 Å². The van der Waals surface area contributed by atoms with Crippen LogP contribution in [-0.2, 0) is 27.7 Å². The minimum Gasteiger partial charge on any atom is -0.323 e. The summed E-state index contributed by atoms with van der Waals surface area (Å²) in [4.78, 5) is 12.7. The van der Waals surface area contributed by atoms with E-state index in [4.69, 9.17) is 0 Å². The second kappa shape index (κ2) is 8.03. The normalized spacial score (nSPS) is 17.7. The first-order valence-corrected chi connectivity index (χ1v) is 11.3. The zero-order chi connectivity index (χ0) is 21.5. The van der Waals surface area contributed by atoms with Crippen LogP contribution in [-0.4, -0.2) is 31.7 Å². The molecule has 2 aliphatic rings. The number of sulfonamides is 1. The monoisotopic (exact) mass is 438 g/mol. The van der Waals surface area contributed by atoms with Crippen molar-refractivity contribution in [1.82, 2.24) is 4.31 Å². The molecule has 1 amide bonds. The molecule has 0 spiro atoms. The number of hydrogen-bond acceptors (Lipinski definition) is 3. The third-order valence-electron chi connectivity index (χ3n) is 5.80. The van der Waals surface area contributed by atoms with Gasteiger partial charge in [0.2, 0.25) is 15.9 Å². The number of anilines is 1. The topological polar surface area (TPSA) is 66.5 Å². The summed E-state index contributed by atoms with van der Waals surface area (Å²) in [7, 11) is -3.66. The highest BCUT2D eigenvalue weighted by molar-refractivity contribution is 7.89. The van der Waals surface area contributed by atoms with E-state index in [1.165, 1.54) is 9.87 Å². The molecule has 1 fully saturated rings. The van der Waals surface area contributed by atoms with Gasteiger partial charge >= 0.3 is 0 Å². The van der Waals surface area contributed by atoms with E-state index in [0.29, 0.717) is 12.1 Å². The van der Waals surface area contributed by atoms with Gasteiger partial charge in [0.15, 0.2) is 11.6 Å². The SMILES string of the molecule is O=C(Nc1cc(F)c(F)cc1F)C1CCN(S(=O)(=O)c2ccc3c(c2)CCC3)CC1. The number of amides is 1. The van der Waals surface area contributed by atoms with Crippen LogP contribution < -0.4 is 5.32 Å². The van der Waals surface area contributed by atoms with E-state index >= 15 is 0 Å². The predicted molar refractivity (Wildman–Crippen MR) is 105 cm³/mol. The molecule has 2 aromatic rings. The van der Waals surface area contributed by atoms with Crippen molar-refractivity contribution < 1.29 is 26.4 Å². The number of hydrogen-bond donors (Lipinski definition) is 1. The molecule has 9 heteroatoms. The second-order valence-corrected chi connectivity index (χ2v) is 9.64. The number of halogens is 3. The molecule has 0 saturated carbocycles. The number of benzene rings is 2. The van der Waals surface area contributed by atoms with Gasteiger partial charge in [0.25, 0.3) is 0 Å². The van der Waals surface area contributed by atoms with Crippen molar-refractivity contribution in [2.24, 2.45) is 5.92 Å². The molecule has 0 atom stereocenters. The third kappa shape index (κ3) is 3.96. The van der Waals surface area contributed by atoms with E-state index in [-0.39, 0.29) is 30.8 Å². The molecule has 0 radical (unpaired) electrons. The Morgan fingerprint density at radius 2 is 1.60 bits per heavy atom. The largest absolute Gasteiger partial charge is 0.323 e. The van der Waals surface area contributed by atoms with Crippen LogP contribution in [0, 0.1) is 23.4 Å². The number of rotatable bonds is 4. The van der Waals surface area contributed by atoms with Crippen molar-refractivity contribution in [3.63, 3.8) is 0 Å². The Bertz CT molecular complexity index is 1100. The molecular formula is C21H21F3N2O3S. The lowest BCUT2D eigenvalue weighted by atomic mass is 9.97. The van der Waals surface area contributed by atoms with Crippen LogP contribution in [0.1, 0.15) is 30.4 Å². The molecule has 30 heavy (non-hydrogen) atoms. The van der Waals surface area contributed by atoms with Gasteiger partial charge in [-0.05, 0) is 55.4 Å². The average Bonchev–Trinajstić information content (AvgIpc) is 3.20. The third-order valence-corrected chi connectivity index (χ3v) is 7.69. The lowest BCUT2D eigenvalue weighted by Gasteiger charge is -2.30. The first-order valence-electron chi connectivity index (χ1n) is 9.83. The smallest absolute Gasteiger partial charge is 0.243 e. The van der Waals surface area contributed by atoms with Crippen LogP contribution in [0.15, 0.2) is 35.2 Å². The Morgan fingerprint density at radius 3 is 2.33 bits per heavy atom. The highest BCUT2D eigenvalue weighted by Gasteiger charge is 2.33. The summed E-state index contributed by atoms with van der Waals surface area (Å²) < 4.78 is 67.4. The molecule has 0 bridgehead atoms. The van der Waals surface area contributed by atoms with E-state index in [1.807, 2.05) is 6.07 Å². The minimum absolute atomic E-state index is 0.151. The van der Waals surface area contributed by atoms with E-state index in [0.717, 1.165) is 24.8 Å². The summed E-state index contributed by atoms with van der Waals surface area (Å²) in [5.41, 5.74) is 1.82. The van der Waals surface area contributed by atoms with Gasteiger partial charge in [-0.1, -0.05) is 6.07 Å². The molecule has 1 aliphatic heterocycles. The van der Waals surface area contributed by atoms with Gasteiger partial charge in [0, 0.05) is 31.1 Å². The van der Waals surface area contributed by atoms with Crippen molar-refractivity contribution in [2.75, 3.05) is 18.4 Å². The number of piperidine rings is 1. The predicted octanol–water partition coefficient (Wildman–Crippen LogP) is 3.63. The lowest BCUT2D eigenvalue weighted by Crippen LogP contribution is -2.41. The number of aryl methyl sites for hydroxylation is 2. The summed E-state index contributed by atoms with van der Waals surface area (Å²) in [6.07, 6.45) is 3.37. The van der Waals surface area contributed by atoms with Crippen molar-refractivity contribution in [2.45, 2.75) is 37.0 Å². The minimum atomic E-state index is -3.66. The van der Waals surface area contributed by atoms with Gasteiger partial charge in [-0.15, -0.1) is 0 Å². The average molecular weight is 438 g/mol. The molecular weight excluding hydrogens is 417 g/mol. The first-order chi connectivity index (χ1) is 14.3. The van der Waals surface area contributed by atoms with Gasteiger partial charge < -0.3 is 5.32 Å². The summed E-state index contributed by atoms with van der Waals surface area (Å²) in [6, 6.07) is 6.20. The fourth-order valence-electron chi connectivity index (χ4n) is 4.07. The number of carbonyl (C=O) groups excluding carboxylic acids is 1. The van der Waals surface area contributed by atoms with Gasteiger partial charge in [-0.25, -0.2) is 21.6 Å². The Balaban J connectivity index is 1.41. The summed E-state index contributed by atoms with van der Waals surface area (Å²) in [5.74, 6) is -4.77. The van der Waals surface area contributed by atoms with Crippen LogP contribution in [0.4, 0.5) is 18.9 Å². The van der Waals surface area contributed by atoms with Gasteiger partial charge in [-0.3, -0.25) is 4.79 Å². The van der Waals surface area contributed by atoms with Crippen LogP contribution >= 0.6 is 0 Å². The number of fused-ring (bicyclic) bond motifs is 1. The van der Waals surface area contributed by atoms with E-state index < -0.39 is 45.0 Å². The highest BCUT2D eigenvalue weighted by atomic mass is 32.2. The van der Waals surface area contributed by atoms with Crippen LogP contribution in [0.25, 0.3) is 0 Å². The van der Waals surface area contributed by atoms with Gasteiger partial charge in [0.05, 0.1) is 10.6 Å². The fourth-order valence-corrected chi connectivity index (χ4v) is 5.59. The molecule has 1 aliphatic carbocycles. The maximum absolute atomic E-state index is 13.7. The number of nitrogens with zero attached hydrogens (tertiary/aromatic N) is 1. The van der Waals surface area contributed by atoms with Crippen molar-refractivity contribution in [3.8, 4) is 0 Å². The highest BCUT2D eigenvalue weighted by Crippen LogP contribution is 2.29. The molecule has 5 nitrogen and oxygen atoms in total. The van der Waals surface area contributed by atoms with Crippen LogP contribution in [0.3, 0.4) is 0 Å². The van der Waals surface area contributed by atoms with Gasteiger partial charge in [0.1, 0.15) is 5.82 Å². The first kappa shape index (κ1) is 20.9. The zero-order valence-electron chi connectivity index (χ0n) is 16.1. The molecule has 1 heterocycles. The summed E-state index contributed by atoms with van der Waals surface area (Å²) in [5, 5.41) is 2.27. The molecule has 2 aromatic carbocycles. The maximum Gasteiger partial charge on any atom is 0.243 e. The standard InChI is InChI=1S/C21H21F3N2O3S/c22-17-11-19(24)20(12-18(17)23)25-21(27)14-6-8-26(9-7-14)30(28,29)16-5-4-13-2-1-3-15(13)10-16/h4-5,10-12,14H,1-3,6-9H2,(H,25,27). The van der Waals surface area contributed by atoms with Crippen molar-refractivity contribution in [3.05, 3.63) is 58.9 Å². The van der Waals surface area contributed by atoms with Gasteiger partial charge in [-0.2, -0.15) is 4.31 Å². The second-order valence-electron chi connectivity index (χ2n) is 7.70. The summed E-state index contributed by atoms with van der Waals surface area (Å²) >= 11 is 0. The molecule has 1 saturated heterocycles. The molecule has 1 N–H and O–H groups in total. The Hall–Kier alpha value is -2.39. The molecule has 160 valence electrons. The van der Waals surface area contributed by atoms with Crippen LogP contribution in [0.2, 0.25) is 0 Å². The van der Waals surface area contributed by atoms with Crippen molar-refractivity contribution in [1.29, 1.82) is 0 Å². The van der Waals surface area contributed by atoms with Crippen molar-refractivity contribution >= 4 is 21.6 Å².